The molecule has 0 aliphatic rings. The molecule has 0 N–H and O–H groups in total. The minimum Gasteiger partial charge on any atom is -0.310 e. The summed E-state index contributed by atoms with van der Waals surface area (Å²) in [7, 11) is 0. The van der Waals surface area contributed by atoms with E-state index in [9.17, 15) is 0 Å². The quantitative estimate of drug-likeness (QED) is 0.134. The van der Waals surface area contributed by atoms with Crippen LogP contribution in [0.3, 0.4) is 0 Å². The summed E-state index contributed by atoms with van der Waals surface area (Å²) in [6, 6.07) is 132. The van der Waals surface area contributed by atoms with Crippen LogP contribution >= 0.6 is 0 Å². The van der Waals surface area contributed by atoms with Crippen LogP contribution in [0.2, 0.25) is 0 Å². The highest BCUT2D eigenvalue weighted by Crippen LogP contribution is 2.46. The highest BCUT2D eigenvalue weighted by atomic mass is 15.1. The van der Waals surface area contributed by atoms with Gasteiger partial charge in [-0.1, -0.05) is 194 Å². The minimum absolute atomic E-state index is 1.05. The lowest BCUT2D eigenvalue weighted by Gasteiger charge is -2.26. The van der Waals surface area contributed by atoms with Crippen molar-refractivity contribution in [2.24, 2.45) is 0 Å². The van der Waals surface area contributed by atoms with E-state index in [0.717, 1.165) is 84.2 Å². The molecular formula is C92H59N5. The van der Waals surface area contributed by atoms with Crippen LogP contribution in [0.25, 0.3) is 165 Å². The molecule has 20 rings (SSSR count). The standard InChI is InChI=1S/C92H59N5/c1-3-23-70(24-4-1)94-85-31-15-13-29-79(85)83-58-75(45-49-91(83)94)93(76-46-50-92-84(59-76)80-30-14-16-32-86(80)95(92)71-25-5-2-6-26-71)72-41-35-62(36-42-72)67-51-68(65-39-47-89-81(56-65)77-27-11-17-33-87(77)96(89)73-43-37-60-19-7-9-21-63(60)54-73)53-69(52-67)66-40-48-90-82(57-66)78-28-12-18-34-88(78)97(90)74-44-38-61-20-8-10-22-64(61)55-74/h1-59H. The first-order chi connectivity index (χ1) is 48.1. The molecule has 0 radical (unpaired) electrons. The molecule has 0 amide bonds. The van der Waals surface area contributed by atoms with E-state index in [1.807, 2.05) is 0 Å². The van der Waals surface area contributed by atoms with Gasteiger partial charge < -0.3 is 23.2 Å². The minimum atomic E-state index is 1.05. The highest BCUT2D eigenvalue weighted by Gasteiger charge is 2.23. The SMILES string of the molecule is c1ccc(-n2c3ccccc3c3cc(N(c4ccc(-c5cc(-c6ccc7c(c6)c6ccccc6n7-c6ccc7ccccc7c6)cc(-c6ccc7c(c6)c6ccccc6n7-c6ccc7ccccc7c6)c5)cc4)c4ccc5c(c4)c4ccccc4n5-c4ccccc4)ccc32)cc1. The van der Waals surface area contributed by atoms with Gasteiger partial charge in [0, 0.05) is 82.9 Å². The number of nitrogens with zero attached hydrogens (tertiary/aromatic N) is 5. The molecule has 0 aliphatic carbocycles. The molecule has 452 valence electrons. The van der Waals surface area contributed by atoms with Crippen LogP contribution in [-0.2, 0) is 0 Å². The first-order valence-electron chi connectivity index (χ1n) is 33.4. The van der Waals surface area contributed by atoms with Crippen LogP contribution < -0.4 is 4.90 Å². The van der Waals surface area contributed by atoms with Crippen molar-refractivity contribution < 1.29 is 0 Å². The van der Waals surface area contributed by atoms with E-state index >= 15 is 0 Å². The molecule has 4 aromatic heterocycles. The van der Waals surface area contributed by atoms with Crippen LogP contribution in [0.4, 0.5) is 17.1 Å². The summed E-state index contributed by atoms with van der Waals surface area (Å²) in [5, 5.41) is 14.6. The van der Waals surface area contributed by atoms with Crippen molar-refractivity contribution in [2.45, 2.75) is 0 Å². The molecule has 0 spiro atoms. The molecule has 20 aromatic rings. The van der Waals surface area contributed by atoms with E-state index in [0.29, 0.717) is 0 Å². The van der Waals surface area contributed by atoms with Crippen LogP contribution in [0.15, 0.2) is 358 Å². The van der Waals surface area contributed by atoms with Gasteiger partial charge in [0.25, 0.3) is 0 Å². The van der Waals surface area contributed by atoms with Crippen LogP contribution in [-0.4, -0.2) is 18.3 Å². The first-order valence-corrected chi connectivity index (χ1v) is 33.4. The second kappa shape index (κ2) is 21.8. The summed E-state index contributed by atoms with van der Waals surface area (Å²) >= 11 is 0. The molecule has 0 aliphatic heterocycles. The summed E-state index contributed by atoms with van der Waals surface area (Å²) in [6.07, 6.45) is 0. The second-order valence-electron chi connectivity index (χ2n) is 25.7. The molecule has 0 unspecified atom stereocenters. The van der Waals surface area contributed by atoms with Gasteiger partial charge in [-0.05, 0) is 219 Å². The van der Waals surface area contributed by atoms with Gasteiger partial charge >= 0.3 is 0 Å². The Labute approximate surface area is 559 Å². The lowest BCUT2D eigenvalue weighted by molar-refractivity contribution is 1.18. The number of aromatic nitrogens is 4. The average Bonchev–Trinajstić information content (AvgIpc) is 1.62. The summed E-state index contributed by atoms with van der Waals surface area (Å²) in [6.45, 7) is 0. The molecule has 5 nitrogen and oxygen atoms in total. The van der Waals surface area contributed by atoms with E-state index in [4.69, 9.17) is 0 Å². The van der Waals surface area contributed by atoms with Crippen LogP contribution in [0, 0.1) is 0 Å². The van der Waals surface area contributed by atoms with Crippen molar-refractivity contribution in [1.29, 1.82) is 0 Å². The van der Waals surface area contributed by atoms with Crippen molar-refractivity contribution in [3.63, 3.8) is 0 Å². The van der Waals surface area contributed by atoms with E-state index < -0.39 is 0 Å². The third kappa shape index (κ3) is 8.79. The number of anilines is 3. The Morgan fingerprint density at radius 3 is 0.866 bits per heavy atom. The first kappa shape index (κ1) is 54.6. The fourth-order valence-corrected chi connectivity index (χ4v) is 15.8. The third-order valence-corrected chi connectivity index (χ3v) is 20.2. The topological polar surface area (TPSA) is 23.0 Å². The average molecular weight is 1230 g/mol. The maximum atomic E-state index is 2.45. The van der Waals surface area contributed by atoms with Crippen molar-refractivity contribution in [3.8, 4) is 56.1 Å². The monoisotopic (exact) mass is 1230 g/mol. The summed E-state index contributed by atoms with van der Waals surface area (Å²) < 4.78 is 9.65. The Hall–Kier alpha value is -13.0. The fourth-order valence-electron chi connectivity index (χ4n) is 15.8. The molecular weight excluding hydrogens is 1180 g/mol. The summed E-state index contributed by atoms with van der Waals surface area (Å²) in [5.74, 6) is 0. The van der Waals surface area contributed by atoms with Crippen molar-refractivity contribution in [2.75, 3.05) is 4.90 Å². The fraction of sp³-hybridized carbons (Fsp3) is 0. The molecule has 4 heterocycles. The highest BCUT2D eigenvalue weighted by molar-refractivity contribution is 6.15. The molecule has 0 atom stereocenters. The van der Waals surface area contributed by atoms with Gasteiger partial charge in [-0.2, -0.15) is 0 Å². The van der Waals surface area contributed by atoms with Crippen LogP contribution in [0.5, 0.6) is 0 Å². The largest absolute Gasteiger partial charge is 0.310 e. The van der Waals surface area contributed by atoms with Gasteiger partial charge in [-0.25, -0.2) is 0 Å². The molecule has 97 heavy (non-hydrogen) atoms. The molecule has 0 fully saturated rings. The molecule has 0 saturated heterocycles. The number of fused-ring (bicyclic) bond motifs is 14. The van der Waals surface area contributed by atoms with Gasteiger partial charge in [0.2, 0.25) is 0 Å². The van der Waals surface area contributed by atoms with Crippen molar-refractivity contribution >= 4 is 126 Å². The van der Waals surface area contributed by atoms with Crippen molar-refractivity contribution in [1.82, 2.24) is 18.3 Å². The second-order valence-corrected chi connectivity index (χ2v) is 25.7. The molecule has 16 aromatic carbocycles. The lowest BCUT2D eigenvalue weighted by atomic mass is 9.92. The Morgan fingerprint density at radius 1 is 0.155 bits per heavy atom. The third-order valence-electron chi connectivity index (χ3n) is 20.2. The zero-order valence-electron chi connectivity index (χ0n) is 52.8. The maximum Gasteiger partial charge on any atom is 0.0542 e. The zero-order chi connectivity index (χ0) is 63.7. The molecule has 0 saturated carbocycles. The number of benzene rings is 16. The van der Waals surface area contributed by atoms with Crippen LogP contribution in [0.1, 0.15) is 0 Å². The van der Waals surface area contributed by atoms with Crippen molar-refractivity contribution in [3.05, 3.63) is 358 Å². The zero-order valence-corrected chi connectivity index (χ0v) is 52.8. The molecule has 5 heteroatoms. The van der Waals surface area contributed by atoms with E-state index in [1.54, 1.807) is 0 Å². The van der Waals surface area contributed by atoms with Gasteiger partial charge in [0.15, 0.2) is 0 Å². The predicted molar refractivity (Wildman–Crippen MR) is 410 cm³/mol. The Bertz CT molecular complexity index is 6190. The van der Waals surface area contributed by atoms with Gasteiger partial charge in [-0.15, -0.1) is 0 Å². The maximum absolute atomic E-state index is 2.45. The van der Waals surface area contributed by atoms with E-state index in [-0.39, 0.29) is 0 Å². The van der Waals surface area contributed by atoms with Gasteiger partial charge in [0.1, 0.15) is 0 Å². The Balaban J connectivity index is 0.769. The van der Waals surface area contributed by atoms with Gasteiger partial charge in [-0.3, -0.25) is 0 Å². The number of para-hydroxylation sites is 6. The number of rotatable bonds is 10. The predicted octanol–water partition coefficient (Wildman–Crippen LogP) is 24.9. The normalized spacial score (nSPS) is 11.9. The molecule has 0 bridgehead atoms. The summed E-state index contributed by atoms with van der Waals surface area (Å²) in [4.78, 5) is 2.45. The number of hydrogen-bond donors (Lipinski definition) is 0. The smallest absolute Gasteiger partial charge is 0.0542 e. The van der Waals surface area contributed by atoms with E-state index in [2.05, 4.69) is 381 Å². The van der Waals surface area contributed by atoms with E-state index in [1.165, 1.54) is 97.7 Å². The number of hydrogen-bond acceptors (Lipinski definition) is 1. The Morgan fingerprint density at radius 2 is 0.454 bits per heavy atom. The van der Waals surface area contributed by atoms with Gasteiger partial charge in [0.05, 0.1) is 44.1 Å². The summed E-state index contributed by atoms with van der Waals surface area (Å²) in [5.41, 5.74) is 24.0. The lowest BCUT2D eigenvalue weighted by Crippen LogP contribution is -2.10. The Kier molecular flexibility index (Phi) is 12.3.